The molecule has 0 amide bonds. The Kier molecular flexibility index (Phi) is 2.13. The Morgan fingerprint density at radius 3 is 2.93 bits per heavy atom. The molecule has 1 fully saturated rings. The van der Waals surface area contributed by atoms with Crippen LogP contribution in [0.3, 0.4) is 0 Å². The summed E-state index contributed by atoms with van der Waals surface area (Å²) in [7, 11) is 0. The van der Waals surface area contributed by atoms with Gasteiger partial charge in [-0.1, -0.05) is 24.4 Å². The van der Waals surface area contributed by atoms with Gasteiger partial charge in [0.15, 0.2) is 17.1 Å². The van der Waals surface area contributed by atoms with Crippen LogP contribution in [-0.4, -0.2) is 9.97 Å². The number of oxazole rings is 1. The number of aromatic nitrogens is 2. The van der Waals surface area contributed by atoms with E-state index in [2.05, 4.69) is 9.97 Å². The van der Waals surface area contributed by atoms with Crippen molar-refractivity contribution in [1.29, 1.82) is 0 Å². The molecule has 3 rings (SSSR count). The van der Waals surface area contributed by atoms with Gasteiger partial charge in [-0.3, -0.25) is 0 Å². The second-order valence-electron chi connectivity index (χ2n) is 4.01. The third-order valence-electron chi connectivity index (χ3n) is 2.93. The van der Waals surface area contributed by atoms with Gasteiger partial charge in [0, 0.05) is 18.2 Å². The zero-order valence-corrected chi connectivity index (χ0v) is 9.00. The van der Waals surface area contributed by atoms with E-state index >= 15 is 0 Å². The highest BCUT2D eigenvalue weighted by molar-refractivity contribution is 6.30. The van der Waals surface area contributed by atoms with Gasteiger partial charge in [-0.15, -0.1) is 0 Å². The number of hydrogen-bond donors (Lipinski definition) is 0. The predicted octanol–water partition coefficient (Wildman–Crippen LogP) is 3.53. The molecule has 0 bridgehead atoms. The van der Waals surface area contributed by atoms with E-state index in [1.807, 2.05) is 0 Å². The van der Waals surface area contributed by atoms with Crippen LogP contribution in [0.15, 0.2) is 16.7 Å². The highest BCUT2D eigenvalue weighted by Gasteiger charge is 2.22. The number of nitrogens with zero attached hydrogens (tertiary/aromatic N) is 2. The first kappa shape index (κ1) is 9.16. The van der Waals surface area contributed by atoms with Crippen LogP contribution in [0.25, 0.3) is 11.2 Å². The van der Waals surface area contributed by atoms with Crippen molar-refractivity contribution in [2.24, 2.45) is 0 Å². The minimum atomic E-state index is 0.484. The maximum Gasteiger partial charge on any atom is 0.200 e. The fourth-order valence-electron chi connectivity index (χ4n) is 2.16. The molecule has 2 heterocycles. The van der Waals surface area contributed by atoms with Crippen molar-refractivity contribution in [2.75, 3.05) is 0 Å². The van der Waals surface area contributed by atoms with Crippen molar-refractivity contribution in [3.05, 3.63) is 23.2 Å². The molecule has 2 aromatic heterocycles. The summed E-state index contributed by atoms with van der Waals surface area (Å²) in [6.45, 7) is 0. The second kappa shape index (κ2) is 3.49. The fourth-order valence-corrected chi connectivity index (χ4v) is 2.31. The number of pyridine rings is 1. The van der Waals surface area contributed by atoms with Crippen LogP contribution in [0, 0.1) is 0 Å². The molecular formula is C11H11ClN2O. The van der Waals surface area contributed by atoms with Crippen LogP contribution in [0.1, 0.15) is 37.5 Å². The van der Waals surface area contributed by atoms with Gasteiger partial charge >= 0.3 is 0 Å². The summed E-state index contributed by atoms with van der Waals surface area (Å²) in [5, 5.41) is 0.594. The summed E-state index contributed by atoms with van der Waals surface area (Å²) >= 11 is 5.84. The van der Waals surface area contributed by atoms with E-state index in [9.17, 15) is 0 Å². The van der Waals surface area contributed by atoms with Gasteiger partial charge in [-0.25, -0.2) is 4.98 Å². The summed E-state index contributed by atoms with van der Waals surface area (Å²) in [5.74, 6) is 1.32. The van der Waals surface area contributed by atoms with Crippen molar-refractivity contribution in [3.63, 3.8) is 0 Å². The summed E-state index contributed by atoms with van der Waals surface area (Å²) in [5.41, 5.74) is 1.37. The lowest BCUT2D eigenvalue weighted by Crippen LogP contribution is -1.91. The van der Waals surface area contributed by atoms with E-state index in [0.29, 0.717) is 22.2 Å². The summed E-state index contributed by atoms with van der Waals surface area (Å²) in [4.78, 5) is 8.54. The molecule has 0 saturated heterocycles. The van der Waals surface area contributed by atoms with Crippen LogP contribution in [0.2, 0.25) is 5.02 Å². The summed E-state index contributed by atoms with van der Waals surface area (Å²) in [6.07, 6.45) is 6.51. The van der Waals surface area contributed by atoms with Crippen LogP contribution >= 0.6 is 11.6 Å². The van der Waals surface area contributed by atoms with Gasteiger partial charge in [-0.05, 0) is 12.8 Å². The molecule has 2 aromatic rings. The maximum atomic E-state index is 5.84. The Morgan fingerprint density at radius 2 is 2.13 bits per heavy atom. The van der Waals surface area contributed by atoms with Crippen LogP contribution < -0.4 is 0 Å². The zero-order chi connectivity index (χ0) is 10.3. The lowest BCUT2D eigenvalue weighted by atomic mass is 10.1. The minimum absolute atomic E-state index is 0.484. The molecule has 3 nitrogen and oxygen atoms in total. The molecule has 0 N–H and O–H groups in total. The van der Waals surface area contributed by atoms with Gasteiger partial charge in [0.2, 0.25) is 0 Å². The monoisotopic (exact) mass is 222 g/mol. The van der Waals surface area contributed by atoms with E-state index in [1.165, 1.54) is 25.7 Å². The molecule has 0 unspecified atom stereocenters. The Labute approximate surface area is 92.5 Å². The summed E-state index contributed by atoms with van der Waals surface area (Å²) in [6, 6.07) is 1.77. The third-order valence-corrected chi connectivity index (χ3v) is 3.14. The molecule has 1 aliphatic carbocycles. The first-order valence-electron chi connectivity index (χ1n) is 5.25. The molecule has 0 atom stereocenters. The normalized spacial score (nSPS) is 17.7. The lowest BCUT2D eigenvalue weighted by molar-refractivity contribution is 0.474. The van der Waals surface area contributed by atoms with Crippen molar-refractivity contribution >= 4 is 22.8 Å². The smallest absolute Gasteiger partial charge is 0.200 e. The topological polar surface area (TPSA) is 38.9 Å². The average Bonchev–Trinajstić information content (AvgIpc) is 2.84. The SMILES string of the molecule is Clc1cnc2nc(C3CCCC3)oc2c1. The van der Waals surface area contributed by atoms with E-state index in [1.54, 1.807) is 12.3 Å². The average molecular weight is 223 g/mol. The van der Waals surface area contributed by atoms with E-state index in [4.69, 9.17) is 16.0 Å². The highest BCUT2D eigenvalue weighted by atomic mass is 35.5. The molecule has 0 aromatic carbocycles. The number of rotatable bonds is 1. The van der Waals surface area contributed by atoms with Crippen molar-refractivity contribution in [1.82, 2.24) is 9.97 Å². The molecule has 1 saturated carbocycles. The predicted molar refractivity (Wildman–Crippen MR) is 58.0 cm³/mol. The van der Waals surface area contributed by atoms with Gasteiger partial charge in [0.25, 0.3) is 0 Å². The fraction of sp³-hybridized carbons (Fsp3) is 0.455. The first-order chi connectivity index (χ1) is 7.33. The van der Waals surface area contributed by atoms with Crippen LogP contribution in [0.4, 0.5) is 0 Å². The summed E-state index contributed by atoms with van der Waals surface area (Å²) < 4.78 is 5.67. The Morgan fingerprint density at radius 1 is 1.33 bits per heavy atom. The van der Waals surface area contributed by atoms with Gasteiger partial charge < -0.3 is 4.42 Å². The Hall–Kier alpha value is -1.09. The van der Waals surface area contributed by atoms with Crippen molar-refractivity contribution in [2.45, 2.75) is 31.6 Å². The highest BCUT2D eigenvalue weighted by Crippen LogP contribution is 2.34. The molecule has 78 valence electrons. The van der Waals surface area contributed by atoms with Gasteiger partial charge in [0.05, 0.1) is 5.02 Å². The van der Waals surface area contributed by atoms with E-state index < -0.39 is 0 Å². The third kappa shape index (κ3) is 1.61. The van der Waals surface area contributed by atoms with E-state index in [-0.39, 0.29) is 0 Å². The molecule has 4 heteroatoms. The largest absolute Gasteiger partial charge is 0.439 e. The number of hydrogen-bond acceptors (Lipinski definition) is 3. The Balaban J connectivity index is 2.05. The standard InChI is InChI=1S/C11H11ClN2O/c12-8-5-9-10(13-6-8)14-11(15-9)7-3-1-2-4-7/h5-7H,1-4H2. The molecule has 0 radical (unpaired) electrons. The maximum absolute atomic E-state index is 5.84. The second-order valence-corrected chi connectivity index (χ2v) is 4.45. The lowest BCUT2D eigenvalue weighted by Gasteiger charge is -2.00. The zero-order valence-electron chi connectivity index (χ0n) is 8.24. The molecule has 0 spiro atoms. The van der Waals surface area contributed by atoms with Crippen molar-refractivity contribution in [3.8, 4) is 0 Å². The van der Waals surface area contributed by atoms with Crippen molar-refractivity contribution < 1.29 is 4.42 Å². The Bertz CT molecular complexity index is 488. The molecule has 15 heavy (non-hydrogen) atoms. The molecule has 0 aliphatic heterocycles. The quantitative estimate of drug-likeness (QED) is 0.741. The number of halogens is 1. The minimum Gasteiger partial charge on any atom is -0.439 e. The van der Waals surface area contributed by atoms with Crippen LogP contribution in [0.5, 0.6) is 0 Å². The molecule has 1 aliphatic rings. The molecular weight excluding hydrogens is 212 g/mol. The first-order valence-corrected chi connectivity index (χ1v) is 5.63. The van der Waals surface area contributed by atoms with Gasteiger partial charge in [0.1, 0.15) is 0 Å². The van der Waals surface area contributed by atoms with Crippen LogP contribution in [-0.2, 0) is 0 Å². The number of fused-ring (bicyclic) bond motifs is 1. The van der Waals surface area contributed by atoms with E-state index in [0.717, 1.165) is 5.89 Å². The van der Waals surface area contributed by atoms with Gasteiger partial charge in [-0.2, -0.15) is 4.98 Å².